The third-order valence-electron chi connectivity index (χ3n) is 3.81. The van der Waals surface area contributed by atoms with Crippen molar-refractivity contribution in [2.45, 2.75) is 25.4 Å². The number of hydrogen-bond acceptors (Lipinski definition) is 6. The largest absolute Gasteiger partial charge is 0.468 e. The van der Waals surface area contributed by atoms with E-state index >= 15 is 0 Å². The van der Waals surface area contributed by atoms with Crippen LogP contribution in [-0.2, 0) is 20.9 Å². The average Bonchev–Trinajstić information content (AvgIpc) is 2.52. The van der Waals surface area contributed by atoms with Crippen LogP contribution in [0.1, 0.15) is 12.8 Å². The highest BCUT2D eigenvalue weighted by molar-refractivity contribution is 5.92. The van der Waals surface area contributed by atoms with Crippen molar-refractivity contribution in [2.24, 2.45) is 5.73 Å². The molecule has 1 aromatic heterocycles. The Bertz CT molecular complexity index is 620. The summed E-state index contributed by atoms with van der Waals surface area (Å²) in [7, 11) is 1.26. The molecule has 0 unspecified atom stereocenters. The Kier molecular flexibility index (Phi) is 5.89. The van der Waals surface area contributed by atoms with Crippen LogP contribution in [0.25, 0.3) is 0 Å². The summed E-state index contributed by atoms with van der Waals surface area (Å²) in [4.78, 5) is 37.1. The lowest BCUT2D eigenvalue weighted by Gasteiger charge is -2.29. The minimum absolute atomic E-state index is 0.155. The summed E-state index contributed by atoms with van der Waals surface area (Å²) in [5, 5.41) is 2.69. The summed E-state index contributed by atoms with van der Waals surface area (Å²) in [5.74, 6) is -0.683. The molecule has 0 saturated carbocycles. The molecule has 0 bridgehead atoms. The Balaban J connectivity index is 1.90. The van der Waals surface area contributed by atoms with Gasteiger partial charge in [0.1, 0.15) is 6.54 Å². The fourth-order valence-corrected chi connectivity index (χ4v) is 2.43. The van der Waals surface area contributed by atoms with Gasteiger partial charge in [-0.15, -0.1) is 0 Å². The lowest BCUT2D eigenvalue weighted by molar-refractivity contribution is -0.141. The van der Waals surface area contributed by atoms with E-state index in [0.717, 1.165) is 25.9 Å². The molecule has 8 nitrogen and oxygen atoms in total. The van der Waals surface area contributed by atoms with E-state index in [-0.39, 0.29) is 30.6 Å². The maximum atomic E-state index is 12.0. The maximum absolute atomic E-state index is 12.0. The molecule has 0 atom stereocenters. The van der Waals surface area contributed by atoms with Gasteiger partial charge in [-0.2, -0.15) is 0 Å². The Morgan fingerprint density at radius 2 is 2.04 bits per heavy atom. The number of carbonyl (C=O) groups excluding carboxylic acids is 2. The van der Waals surface area contributed by atoms with Gasteiger partial charge >= 0.3 is 5.97 Å². The van der Waals surface area contributed by atoms with Crippen LogP contribution in [0.3, 0.4) is 0 Å². The highest BCUT2D eigenvalue weighted by atomic mass is 16.5. The third kappa shape index (κ3) is 5.19. The van der Waals surface area contributed by atoms with Crippen LogP contribution in [0.4, 0.5) is 5.69 Å². The van der Waals surface area contributed by atoms with Crippen molar-refractivity contribution >= 4 is 17.6 Å². The number of nitrogens with two attached hydrogens (primary N) is 1. The predicted octanol–water partition coefficient (Wildman–Crippen LogP) is -0.617. The molecule has 126 valence electrons. The van der Waals surface area contributed by atoms with Gasteiger partial charge in [-0.05, 0) is 18.9 Å². The molecule has 0 radical (unpaired) electrons. The van der Waals surface area contributed by atoms with Crippen molar-refractivity contribution in [1.82, 2.24) is 9.47 Å². The van der Waals surface area contributed by atoms with Gasteiger partial charge in [0, 0.05) is 37.1 Å². The maximum Gasteiger partial charge on any atom is 0.325 e. The first kappa shape index (κ1) is 17.2. The number of piperidine rings is 1. The molecule has 1 aliphatic heterocycles. The molecule has 8 heteroatoms. The Morgan fingerprint density at radius 1 is 1.35 bits per heavy atom. The molecule has 2 heterocycles. The highest BCUT2D eigenvalue weighted by Gasteiger charge is 2.18. The van der Waals surface area contributed by atoms with Gasteiger partial charge in [-0.25, -0.2) is 0 Å². The normalized spacial score (nSPS) is 16.1. The zero-order valence-corrected chi connectivity index (χ0v) is 13.2. The third-order valence-corrected chi connectivity index (χ3v) is 3.81. The number of rotatable bonds is 5. The van der Waals surface area contributed by atoms with Crippen LogP contribution >= 0.6 is 0 Å². The van der Waals surface area contributed by atoms with E-state index in [1.807, 2.05) is 4.90 Å². The van der Waals surface area contributed by atoms with Crippen LogP contribution < -0.4 is 16.6 Å². The Labute approximate surface area is 134 Å². The number of nitrogens with one attached hydrogen (secondary N) is 1. The topological polar surface area (TPSA) is 107 Å². The van der Waals surface area contributed by atoms with E-state index in [2.05, 4.69) is 10.1 Å². The molecule has 2 rings (SSSR count). The number of anilines is 1. The van der Waals surface area contributed by atoms with Gasteiger partial charge in [0.15, 0.2) is 0 Å². The summed E-state index contributed by atoms with van der Waals surface area (Å²) in [6.45, 7) is 1.72. The van der Waals surface area contributed by atoms with Crippen molar-refractivity contribution < 1.29 is 14.3 Å². The Hall–Kier alpha value is -2.19. The minimum atomic E-state index is -0.507. The second-order valence-electron chi connectivity index (χ2n) is 5.62. The molecule has 3 N–H and O–H groups in total. The summed E-state index contributed by atoms with van der Waals surface area (Å²) in [5.41, 5.74) is 5.86. The first-order chi connectivity index (χ1) is 11.0. The fraction of sp³-hybridized carbons (Fsp3) is 0.533. The summed E-state index contributed by atoms with van der Waals surface area (Å²) in [6.07, 6.45) is 3.22. The van der Waals surface area contributed by atoms with Crippen molar-refractivity contribution in [1.29, 1.82) is 0 Å². The monoisotopic (exact) mass is 322 g/mol. The Morgan fingerprint density at radius 3 is 2.65 bits per heavy atom. The first-order valence-electron chi connectivity index (χ1n) is 7.53. The van der Waals surface area contributed by atoms with E-state index in [4.69, 9.17) is 5.73 Å². The van der Waals surface area contributed by atoms with Crippen molar-refractivity contribution in [3.8, 4) is 0 Å². The first-order valence-corrected chi connectivity index (χ1v) is 7.53. The zero-order valence-electron chi connectivity index (χ0n) is 13.2. The van der Waals surface area contributed by atoms with E-state index in [9.17, 15) is 14.4 Å². The number of esters is 1. The zero-order chi connectivity index (χ0) is 16.8. The molecular weight excluding hydrogens is 300 g/mol. The van der Waals surface area contributed by atoms with Crippen molar-refractivity contribution in [2.75, 3.05) is 32.1 Å². The van der Waals surface area contributed by atoms with E-state index in [1.54, 1.807) is 6.07 Å². The van der Waals surface area contributed by atoms with Gasteiger partial charge in [0.05, 0.1) is 13.7 Å². The van der Waals surface area contributed by atoms with Crippen LogP contribution in [0.2, 0.25) is 0 Å². The number of methoxy groups -OCH3 is 1. The van der Waals surface area contributed by atoms with E-state index < -0.39 is 5.97 Å². The molecule has 0 aliphatic carbocycles. The molecule has 23 heavy (non-hydrogen) atoms. The second-order valence-corrected chi connectivity index (χ2v) is 5.62. The average molecular weight is 322 g/mol. The van der Waals surface area contributed by atoms with Crippen molar-refractivity contribution in [3.63, 3.8) is 0 Å². The van der Waals surface area contributed by atoms with Gasteiger partial charge in [-0.1, -0.05) is 0 Å². The molecule has 1 fully saturated rings. The summed E-state index contributed by atoms with van der Waals surface area (Å²) in [6, 6.07) is 3.08. The quantitative estimate of drug-likeness (QED) is 0.700. The predicted molar refractivity (Wildman–Crippen MR) is 85.0 cm³/mol. The van der Waals surface area contributed by atoms with E-state index in [0.29, 0.717) is 5.69 Å². The van der Waals surface area contributed by atoms with Crippen LogP contribution in [0, 0.1) is 0 Å². The molecule has 1 amide bonds. The lowest BCUT2D eigenvalue weighted by Crippen LogP contribution is -2.43. The van der Waals surface area contributed by atoms with Crippen molar-refractivity contribution in [3.05, 3.63) is 28.7 Å². The van der Waals surface area contributed by atoms with Gasteiger partial charge in [0.25, 0.3) is 5.56 Å². The highest BCUT2D eigenvalue weighted by Crippen LogP contribution is 2.08. The number of ether oxygens (including phenoxy) is 1. The van der Waals surface area contributed by atoms with Crippen LogP contribution in [-0.4, -0.2) is 54.1 Å². The van der Waals surface area contributed by atoms with Gasteiger partial charge in [-0.3, -0.25) is 19.3 Å². The van der Waals surface area contributed by atoms with Gasteiger partial charge < -0.3 is 20.4 Å². The lowest BCUT2D eigenvalue weighted by atomic mass is 10.1. The SMILES string of the molecule is COC(=O)Cn1ccc(NC(=O)CN2CCC(N)CC2)cc1=O. The minimum Gasteiger partial charge on any atom is -0.468 e. The molecule has 0 spiro atoms. The number of aromatic nitrogens is 1. The molecular formula is C15H22N4O4. The van der Waals surface area contributed by atoms with Crippen LogP contribution in [0.15, 0.2) is 23.1 Å². The second kappa shape index (κ2) is 7.89. The fourth-order valence-electron chi connectivity index (χ4n) is 2.43. The molecule has 1 aromatic rings. The van der Waals surface area contributed by atoms with E-state index in [1.165, 1.54) is 23.9 Å². The summed E-state index contributed by atoms with van der Waals surface area (Å²) < 4.78 is 5.73. The smallest absolute Gasteiger partial charge is 0.325 e. The molecule has 1 saturated heterocycles. The number of carbonyl (C=O) groups is 2. The number of pyridine rings is 1. The number of hydrogen-bond donors (Lipinski definition) is 2. The number of likely N-dealkylation sites (tertiary alicyclic amines) is 1. The standard InChI is InChI=1S/C15H22N4O4/c1-23-15(22)10-19-7-4-12(8-14(19)21)17-13(20)9-18-5-2-11(16)3-6-18/h4,7-8,11H,2-3,5-6,9-10,16H2,1H3,(H,17,20). The number of amides is 1. The van der Waals surface area contributed by atoms with Gasteiger partial charge in [0.2, 0.25) is 5.91 Å². The molecule has 0 aromatic carbocycles. The molecule has 1 aliphatic rings. The summed E-state index contributed by atoms with van der Waals surface area (Å²) >= 11 is 0. The van der Waals surface area contributed by atoms with Crippen LogP contribution in [0.5, 0.6) is 0 Å². The number of nitrogens with zero attached hydrogens (tertiary/aromatic N) is 2.